The summed E-state index contributed by atoms with van der Waals surface area (Å²) < 4.78 is 14.0. The second-order valence-corrected chi connectivity index (χ2v) is 5.80. The first kappa shape index (κ1) is 13.8. The highest BCUT2D eigenvalue weighted by molar-refractivity contribution is 5.65. The minimum Gasteiger partial charge on any atom is -0.392 e. The normalized spacial score (nSPS) is 11.6. The Morgan fingerprint density at radius 2 is 1.63 bits per heavy atom. The molecule has 1 nitrogen and oxygen atoms in total. The lowest BCUT2D eigenvalue weighted by Gasteiger charge is -2.20. The van der Waals surface area contributed by atoms with Gasteiger partial charge in [-0.1, -0.05) is 51.1 Å². The van der Waals surface area contributed by atoms with E-state index < -0.39 is 0 Å². The third-order valence-electron chi connectivity index (χ3n) is 3.28. The molecule has 0 aliphatic heterocycles. The zero-order chi connectivity index (χ0) is 14.0. The molecule has 0 amide bonds. The molecule has 0 aliphatic rings. The van der Waals surface area contributed by atoms with Gasteiger partial charge in [0.1, 0.15) is 5.82 Å². The van der Waals surface area contributed by atoms with Crippen LogP contribution < -0.4 is 0 Å². The van der Waals surface area contributed by atoms with Crippen molar-refractivity contribution in [1.82, 2.24) is 0 Å². The van der Waals surface area contributed by atoms with Gasteiger partial charge in [-0.2, -0.15) is 0 Å². The highest BCUT2D eigenvalue weighted by atomic mass is 19.1. The molecule has 0 fully saturated rings. The lowest BCUT2D eigenvalue weighted by molar-refractivity contribution is 0.282. The van der Waals surface area contributed by atoms with Gasteiger partial charge >= 0.3 is 0 Å². The zero-order valence-corrected chi connectivity index (χ0v) is 11.6. The summed E-state index contributed by atoms with van der Waals surface area (Å²) >= 11 is 0. The van der Waals surface area contributed by atoms with E-state index in [0.717, 1.165) is 16.7 Å². The molecule has 0 aliphatic carbocycles. The van der Waals surface area contributed by atoms with Gasteiger partial charge in [0.25, 0.3) is 0 Å². The Hall–Kier alpha value is -1.67. The summed E-state index contributed by atoms with van der Waals surface area (Å²) in [7, 11) is 0. The van der Waals surface area contributed by atoms with Crippen LogP contribution in [0.2, 0.25) is 0 Å². The molecule has 0 unspecified atom stereocenters. The maximum Gasteiger partial charge on any atom is 0.131 e. The lowest BCUT2D eigenvalue weighted by Crippen LogP contribution is -2.11. The Kier molecular flexibility index (Phi) is 3.72. The number of halogens is 1. The molecule has 19 heavy (non-hydrogen) atoms. The molecule has 2 aromatic carbocycles. The van der Waals surface area contributed by atoms with Crippen molar-refractivity contribution in [3.63, 3.8) is 0 Å². The quantitative estimate of drug-likeness (QED) is 0.852. The van der Waals surface area contributed by atoms with Crippen LogP contribution in [0, 0.1) is 5.82 Å². The molecule has 0 radical (unpaired) electrons. The van der Waals surface area contributed by atoms with Crippen LogP contribution in [0.4, 0.5) is 4.39 Å². The molecule has 1 N–H and O–H groups in total. The van der Waals surface area contributed by atoms with Crippen molar-refractivity contribution in [1.29, 1.82) is 0 Å². The van der Waals surface area contributed by atoms with E-state index in [0.29, 0.717) is 5.56 Å². The fourth-order valence-corrected chi connectivity index (χ4v) is 2.00. The molecule has 2 rings (SSSR count). The van der Waals surface area contributed by atoms with Crippen LogP contribution in [0.25, 0.3) is 11.1 Å². The van der Waals surface area contributed by atoms with E-state index in [9.17, 15) is 4.39 Å². The average molecular weight is 258 g/mol. The second kappa shape index (κ2) is 5.14. The topological polar surface area (TPSA) is 20.2 Å². The Morgan fingerprint density at radius 1 is 1.00 bits per heavy atom. The maximum atomic E-state index is 14.0. The van der Waals surface area contributed by atoms with Crippen molar-refractivity contribution in [3.8, 4) is 11.1 Å². The molecule has 0 atom stereocenters. The summed E-state index contributed by atoms with van der Waals surface area (Å²) in [5.74, 6) is -0.218. The van der Waals surface area contributed by atoms with Gasteiger partial charge in [0.05, 0.1) is 6.61 Å². The molecule has 0 bridgehead atoms. The van der Waals surface area contributed by atoms with Gasteiger partial charge < -0.3 is 5.11 Å². The van der Waals surface area contributed by atoms with Crippen molar-refractivity contribution in [2.75, 3.05) is 0 Å². The van der Waals surface area contributed by atoms with Crippen molar-refractivity contribution >= 4 is 0 Å². The first-order chi connectivity index (χ1) is 8.91. The van der Waals surface area contributed by atoms with Crippen LogP contribution in [0.5, 0.6) is 0 Å². The number of hydrogen-bond donors (Lipinski definition) is 1. The third-order valence-corrected chi connectivity index (χ3v) is 3.28. The Labute approximate surface area is 113 Å². The van der Waals surface area contributed by atoms with Gasteiger partial charge in [-0.05, 0) is 34.2 Å². The standard InChI is InChI=1S/C17H19FO/c1-17(2,3)14-8-9-16(18)15(10-14)13-6-4-12(11-19)5-7-13/h4-10,19H,11H2,1-3H3. The van der Waals surface area contributed by atoms with Crippen molar-refractivity contribution < 1.29 is 9.50 Å². The fraction of sp³-hybridized carbons (Fsp3) is 0.294. The van der Waals surface area contributed by atoms with Crippen LogP contribution in [0.3, 0.4) is 0 Å². The second-order valence-electron chi connectivity index (χ2n) is 5.80. The van der Waals surface area contributed by atoms with Gasteiger partial charge in [0, 0.05) is 5.56 Å². The monoisotopic (exact) mass is 258 g/mol. The highest BCUT2D eigenvalue weighted by Gasteiger charge is 2.16. The van der Waals surface area contributed by atoms with Gasteiger partial charge in [0.2, 0.25) is 0 Å². The SMILES string of the molecule is CC(C)(C)c1ccc(F)c(-c2ccc(CO)cc2)c1. The van der Waals surface area contributed by atoms with Crippen LogP contribution in [-0.4, -0.2) is 5.11 Å². The Bertz CT molecular complexity index is 565. The Balaban J connectivity index is 2.48. The number of aliphatic hydroxyl groups is 1. The smallest absolute Gasteiger partial charge is 0.131 e. The van der Waals surface area contributed by atoms with E-state index in [1.807, 2.05) is 36.4 Å². The third kappa shape index (κ3) is 3.02. The predicted octanol–water partition coefficient (Wildman–Crippen LogP) is 4.28. The van der Waals surface area contributed by atoms with E-state index in [2.05, 4.69) is 20.8 Å². The number of hydrogen-bond acceptors (Lipinski definition) is 1. The maximum absolute atomic E-state index is 14.0. The zero-order valence-electron chi connectivity index (χ0n) is 11.6. The molecule has 0 saturated carbocycles. The molecular weight excluding hydrogens is 239 g/mol. The first-order valence-electron chi connectivity index (χ1n) is 6.42. The summed E-state index contributed by atoms with van der Waals surface area (Å²) in [4.78, 5) is 0. The lowest BCUT2D eigenvalue weighted by atomic mass is 9.85. The number of benzene rings is 2. The van der Waals surface area contributed by atoms with E-state index in [1.54, 1.807) is 0 Å². The Morgan fingerprint density at radius 3 is 2.16 bits per heavy atom. The molecule has 0 heterocycles. The summed E-state index contributed by atoms with van der Waals surface area (Å²) in [6.07, 6.45) is 0. The van der Waals surface area contributed by atoms with Crippen LogP contribution in [-0.2, 0) is 12.0 Å². The van der Waals surface area contributed by atoms with E-state index in [4.69, 9.17) is 5.11 Å². The van der Waals surface area contributed by atoms with Crippen LogP contribution in [0.15, 0.2) is 42.5 Å². The predicted molar refractivity (Wildman–Crippen MR) is 76.5 cm³/mol. The van der Waals surface area contributed by atoms with Gasteiger partial charge in [0.15, 0.2) is 0 Å². The number of rotatable bonds is 2. The minimum absolute atomic E-state index is 0.00475. The van der Waals surface area contributed by atoms with Crippen molar-refractivity contribution in [3.05, 3.63) is 59.4 Å². The fourth-order valence-electron chi connectivity index (χ4n) is 2.00. The van der Waals surface area contributed by atoms with Gasteiger partial charge in [-0.3, -0.25) is 0 Å². The van der Waals surface area contributed by atoms with Crippen LogP contribution in [0.1, 0.15) is 31.9 Å². The van der Waals surface area contributed by atoms with E-state index in [1.165, 1.54) is 6.07 Å². The molecule has 2 aromatic rings. The molecule has 100 valence electrons. The van der Waals surface area contributed by atoms with Crippen LogP contribution >= 0.6 is 0 Å². The number of aliphatic hydroxyl groups excluding tert-OH is 1. The highest BCUT2D eigenvalue weighted by Crippen LogP contribution is 2.29. The summed E-state index contributed by atoms with van der Waals surface area (Å²) in [6, 6.07) is 12.6. The van der Waals surface area contributed by atoms with Crippen molar-refractivity contribution in [2.45, 2.75) is 32.8 Å². The first-order valence-corrected chi connectivity index (χ1v) is 6.42. The summed E-state index contributed by atoms with van der Waals surface area (Å²) in [5, 5.41) is 9.03. The van der Waals surface area contributed by atoms with E-state index in [-0.39, 0.29) is 17.8 Å². The van der Waals surface area contributed by atoms with Gasteiger partial charge in [-0.25, -0.2) is 4.39 Å². The van der Waals surface area contributed by atoms with Gasteiger partial charge in [-0.15, -0.1) is 0 Å². The molecule has 0 saturated heterocycles. The van der Waals surface area contributed by atoms with Crippen molar-refractivity contribution in [2.24, 2.45) is 0 Å². The average Bonchev–Trinajstić information content (AvgIpc) is 2.38. The molecule has 0 spiro atoms. The molecular formula is C17H19FO. The summed E-state index contributed by atoms with van der Waals surface area (Å²) in [5.41, 5.74) is 3.37. The molecule has 0 aromatic heterocycles. The summed E-state index contributed by atoms with van der Waals surface area (Å²) in [6.45, 7) is 6.33. The minimum atomic E-state index is -0.218. The largest absolute Gasteiger partial charge is 0.392 e. The molecule has 2 heteroatoms. The van der Waals surface area contributed by atoms with E-state index >= 15 is 0 Å².